The summed E-state index contributed by atoms with van der Waals surface area (Å²) in [5.41, 5.74) is 2.78. The summed E-state index contributed by atoms with van der Waals surface area (Å²) in [5, 5.41) is 4.05. The predicted molar refractivity (Wildman–Crippen MR) is 188 cm³/mol. The maximum absolute atomic E-state index is 14.6. The Balaban J connectivity index is 1.56. The van der Waals surface area contributed by atoms with Gasteiger partial charge in [-0.3, -0.25) is 13.9 Å². The monoisotopic (exact) mass is 691 g/mol. The molecule has 4 aromatic rings. The third-order valence-electron chi connectivity index (χ3n) is 8.52. The molecule has 4 aromatic carbocycles. The van der Waals surface area contributed by atoms with Crippen molar-refractivity contribution >= 4 is 50.7 Å². The largest absolute Gasteiger partial charge is 0.352 e. The minimum atomic E-state index is -4.22. The number of aryl methyl sites for hydroxylation is 1. The SMILES string of the molecule is Cc1ccc(N(CC(=O)N(Cc2ccccc2Cl)[C@H](Cc2ccccc2)C(=O)NC2CCCCC2)S(=O)(=O)c2ccc(Cl)cc2)cc1. The molecule has 1 aliphatic rings. The van der Waals surface area contributed by atoms with E-state index in [1.165, 1.54) is 29.2 Å². The number of rotatable bonds is 12. The first-order valence-electron chi connectivity index (χ1n) is 15.8. The van der Waals surface area contributed by atoms with Crippen LogP contribution in [-0.2, 0) is 32.6 Å². The molecule has 0 aliphatic heterocycles. The molecule has 2 amide bonds. The minimum absolute atomic E-state index is 0.0104. The zero-order valence-electron chi connectivity index (χ0n) is 26.3. The molecule has 0 unspecified atom stereocenters. The van der Waals surface area contributed by atoms with Crippen LogP contribution in [0.2, 0.25) is 10.0 Å². The first-order valence-corrected chi connectivity index (χ1v) is 18.0. The normalized spacial score (nSPS) is 14.3. The number of amides is 2. The summed E-state index contributed by atoms with van der Waals surface area (Å²) < 4.78 is 29.4. The van der Waals surface area contributed by atoms with Crippen molar-refractivity contribution in [1.82, 2.24) is 10.2 Å². The van der Waals surface area contributed by atoms with Crippen molar-refractivity contribution in [3.63, 3.8) is 0 Å². The van der Waals surface area contributed by atoms with Gasteiger partial charge in [0.1, 0.15) is 12.6 Å². The molecule has 246 valence electrons. The van der Waals surface area contributed by atoms with Crippen LogP contribution < -0.4 is 9.62 Å². The second kappa shape index (κ2) is 15.8. The van der Waals surface area contributed by atoms with Crippen LogP contribution in [0.1, 0.15) is 48.8 Å². The molecule has 1 atom stereocenters. The van der Waals surface area contributed by atoms with Crippen molar-refractivity contribution in [3.8, 4) is 0 Å². The number of hydrogen-bond acceptors (Lipinski definition) is 4. The van der Waals surface area contributed by atoms with Gasteiger partial charge in [0.15, 0.2) is 0 Å². The fourth-order valence-electron chi connectivity index (χ4n) is 5.88. The van der Waals surface area contributed by atoms with Gasteiger partial charge in [-0.2, -0.15) is 0 Å². The molecule has 1 fully saturated rings. The van der Waals surface area contributed by atoms with Gasteiger partial charge in [0.2, 0.25) is 11.8 Å². The van der Waals surface area contributed by atoms with Crippen molar-refractivity contribution in [2.24, 2.45) is 0 Å². The maximum Gasteiger partial charge on any atom is 0.264 e. The second-order valence-corrected chi connectivity index (χ2v) is 14.7. The van der Waals surface area contributed by atoms with Gasteiger partial charge in [0.25, 0.3) is 10.0 Å². The minimum Gasteiger partial charge on any atom is -0.352 e. The lowest BCUT2D eigenvalue weighted by atomic mass is 9.94. The summed E-state index contributed by atoms with van der Waals surface area (Å²) in [4.78, 5) is 30.3. The Morgan fingerprint density at radius 3 is 2.13 bits per heavy atom. The molecule has 0 heterocycles. The number of hydrogen-bond donors (Lipinski definition) is 1. The van der Waals surface area contributed by atoms with E-state index in [-0.39, 0.29) is 29.8 Å². The van der Waals surface area contributed by atoms with Gasteiger partial charge < -0.3 is 10.2 Å². The van der Waals surface area contributed by atoms with Crippen LogP contribution in [0.3, 0.4) is 0 Å². The van der Waals surface area contributed by atoms with Gasteiger partial charge in [-0.25, -0.2) is 8.42 Å². The lowest BCUT2D eigenvalue weighted by Crippen LogP contribution is -2.55. The van der Waals surface area contributed by atoms with Crippen LogP contribution in [0.15, 0.2) is 108 Å². The highest BCUT2D eigenvalue weighted by Crippen LogP contribution is 2.27. The molecular formula is C37H39Cl2N3O4S. The van der Waals surface area contributed by atoms with Crippen LogP contribution in [-0.4, -0.2) is 43.8 Å². The first kappa shape index (κ1) is 34.5. The van der Waals surface area contributed by atoms with Gasteiger partial charge in [-0.1, -0.05) is 109 Å². The number of nitrogens with one attached hydrogen (secondary N) is 1. The Morgan fingerprint density at radius 2 is 1.47 bits per heavy atom. The Kier molecular flexibility index (Phi) is 11.6. The zero-order valence-corrected chi connectivity index (χ0v) is 28.6. The number of halogens is 2. The number of carbonyl (C=O) groups excluding carboxylic acids is 2. The number of nitrogens with zero attached hydrogens (tertiary/aromatic N) is 2. The average molecular weight is 693 g/mol. The van der Waals surface area contributed by atoms with E-state index in [0.717, 1.165) is 47.5 Å². The van der Waals surface area contributed by atoms with E-state index in [4.69, 9.17) is 23.2 Å². The Labute approximate surface area is 287 Å². The van der Waals surface area contributed by atoms with Crippen LogP contribution >= 0.6 is 23.2 Å². The molecule has 0 spiro atoms. The molecule has 47 heavy (non-hydrogen) atoms. The van der Waals surface area contributed by atoms with E-state index in [1.807, 2.05) is 49.4 Å². The van der Waals surface area contributed by atoms with Crippen LogP contribution in [0, 0.1) is 6.92 Å². The van der Waals surface area contributed by atoms with E-state index in [2.05, 4.69) is 5.32 Å². The van der Waals surface area contributed by atoms with E-state index >= 15 is 0 Å². The molecule has 1 N–H and O–H groups in total. The lowest BCUT2D eigenvalue weighted by molar-refractivity contribution is -0.140. The summed E-state index contributed by atoms with van der Waals surface area (Å²) in [5.74, 6) is -0.814. The Morgan fingerprint density at radius 1 is 0.830 bits per heavy atom. The van der Waals surface area contributed by atoms with E-state index < -0.39 is 28.5 Å². The van der Waals surface area contributed by atoms with E-state index in [9.17, 15) is 18.0 Å². The standard InChI is InChI=1S/C37H39Cl2N3O4S/c1-27-16-20-32(21-17-27)42(47(45,46)33-22-18-30(38)19-23-33)26-36(43)41(25-29-12-8-9-15-34(29)39)35(24-28-10-4-2-5-11-28)37(44)40-31-13-6-3-7-14-31/h2,4-5,8-12,15-23,31,35H,3,6-7,13-14,24-26H2,1H3,(H,40,44)/t35-/m1/s1. The van der Waals surface area contributed by atoms with Gasteiger partial charge in [0.05, 0.1) is 10.6 Å². The summed E-state index contributed by atoms with van der Waals surface area (Å²) in [6.45, 7) is 1.37. The zero-order chi connectivity index (χ0) is 33.4. The molecule has 7 nitrogen and oxygen atoms in total. The van der Waals surface area contributed by atoms with Gasteiger partial charge >= 0.3 is 0 Å². The van der Waals surface area contributed by atoms with Crippen molar-refractivity contribution in [1.29, 1.82) is 0 Å². The third kappa shape index (κ3) is 8.95. The smallest absolute Gasteiger partial charge is 0.264 e. The first-order chi connectivity index (χ1) is 22.6. The quantitative estimate of drug-likeness (QED) is 0.166. The summed E-state index contributed by atoms with van der Waals surface area (Å²) >= 11 is 12.7. The van der Waals surface area contributed by atoms with Crippen LogP contribution in [0.4, 0.5) is 5.69 Å². The van der Waals surface area contributed by atoms with Crippen molar-refractivity contribution in [3.05, 3.63) is 130 Å². The molecule has 10 heteroatoms. The number of sulfonamides is 1. The molecule has 5 rings (SSSR count). The average Bonchev–Trinajstić information content (AvgIpc) is 3.07. The van der Waals surface area contributed by atoms with Crippen molar-refractivity contribution < 1.29 is 18.0 Å². The van der Waals surface area contributed by atoms with Crippen molar-refractivity contribution in [2.75, 3.05) is 10.8 Å². The maximum atomic E-state index is 14.6. The van der Waals surface area contributed by atoms with Crippen LogP contribution in [0.25, 0.3) is 0 Å². The molecule has 0 bridgehead atoms. The highest BCUT2D eigenvalue weighted by Gasteiger charge is 2.35. The number of anilines is 1. The van der Waals surface area contributed by atoms with Gasteiger partial charge in [-0.05, 0) is 73.4 Å². The Bertz CT molecular complexity index is 1760. The Hall–Kier alpha value is -3.85. The number of carbonyl (C=O) groups is 2. The van der Waals surface area contributed by atoms with E-state index in [0.29, 0.717) is 21.3 Å². The molecular weight excluding hydrogens is 653 g/mol. The second-order valence-electron chi connectivity index (χ2n) is 12.0. The molecule has 0 saturated heterocycles. The summed E-state index contributed by atoms with van der Waals surface area (Å²) in [7, 11) is -4.22. The fourth-order valence-corrected chi connectivity index (χ4v) is 7.62. The molecule has 1 saturated carbocycles. The fraction of sp³-hybridized carbons (Fsp3) is 0.297. The van der Waals surface area contributed by atoms with Gasteiger partial charge in [-0.15, -0.1) is 0 Å². The summed E-state index contributed by atoms with van der Waals surface area (Å²) in [6, 6.07) is 28.5. The molecule has 0 aromatic heterocycles. The molecule has 1 aliphatic carbocycles. The third-order valence-corrected chi connectivity index (χ3v) is 10.9. The highest BCUT2D eigenvalue weighted by molar-refractivity contribution is 7.92. The highest BCUT2D eigenvalue weighted by atomic mass is 35.5. The van der Waals surface area contributed by atoms with E-state index in [1.54, 1.807) is 36.4 Å². The lowest BCUT2D eigenvalue weighted by Gasteiger charge is -2.35. The van der Waals surface area contributed by atoms with Gasteiger partial charge in [0, 0.05) is 29.1 Å². The molecule has 0 radical (unpaired) electrons. The summed E-state index contributed by atoms with van der Waals surface area (Å²) in [6.07, 6.45) is 5.19. The topological polar surface area (TPSA) is 86.8 Å². The number of benzene rings is 4. The predicted octanol–water partition coefficient (Wildman–Crippen LogP) is 7.59. The van der Waals surface area contributed by atoms with Crippen molar-refractivity contribution in [2.45, 2.75) is 69.0 Å². The van der Waals surface area contributed by atoms with Crippen LogP contribution in [0.5, 0.6) is 0 Å².